The molecule has 1 fully saturated rings. The lowest BCUT2D eigenvalue weighted by Crippen LogP contribution is -2.48. The van der Waals surface area contributed by atoms with Gasteiger partial charge in [-0.25, -0.2) is 14.6 Å². The second-order valence-electron chi connectivity index (χ2n) is 8.19. The highest BCUT2D eigenvalue weighted by atomic mass is 32.1. The highest BCUT2D eigenvalue weighted by Gasteiger charge is 2.21. The van der Waals surface area contributed by atoms with Crippen LogP contribution in [0, 0.1) is 0 Å². The summed E-state index contributed by atoms with van der Waals surface area (Å²) in [6, 6.07) is 5.51. The average molecular weight is 399 g/mol. The maximum absolute atomic E-state index is 12.2. The van der Waals surface area contributed by atoms with Gasteiger partial charge in [-0.2, -0.15) is 5.10 Å². The minimum atomic E-state index is -0.0637. The Morgan fingerprint density at radius 1 is 1.04 bits per heavy atom. The Balaban J connectivity index is 1.38. The molecule has 148 valence electrons. The lowest BCUT2D eigenvalue weighted by atomic mass is 9.92. The van der Waals surface area contributed by atoms with Crippen molar-refractivity contribution in [2.45, 2.75) is 32.7 Å². The van der Waals surface area contributed by atoms with E-state index >= 15 is 0 Å². The molecule has 1 aliphatic rings. The van der Waals surface area contributed by atoms with Crippen LogP contribution in [-0.4, -0.2) is 57.4 Å². The largest absolute Gasteiger partial charge is 0.353 e. The predicted octanol–water partition coefficient (Wildman–Crippen LogP) is 2.37. The average Bonchev–Trinajstić information content (AvgIpc) is 3.16. The van der Waals surface area contributed by atoms with Gasteiger partial charge in [0.25, 0.3) is 5.56 Å². The number of nitrogens with zero attached hydrogens (tertiary/aromatic N) is 6. The van der Waals surface area contributed by atoms with Gasteiger partial charge in [0.15, 0.2) is 0 Å². The van der Waals surface area contributed by atoms with Gasteiger partial charge in [-0.3, -0.25) is 9.69 Å². The van der Waals surface area contributed by atoms with E-state index in [1.54, 1.807) is 28.4 Å². The summed E-state index contributed by atoms with van der Waals surface area (Å²) in [6.07, 6.45) is 1.65. The Morgan fingerprint density at radius 3 is 2.57 bits per heavy atom. The fraction of sp³-hybridized carbons (Fsp3) is 0.500. The van der Waals surface area contributed by atoms with Crippen LogP contribution in [0.1, 0.15) is 26.5 Å². The van der Waals surface area contributed by atoms with Crippen LogP contribution in [0.4, 0.5) is 5.82 Å². The third-order valence-electron chi connectivity index (χ3n) is 5.16. The third kappa shape index (κ3) is 3.93. The molecule has 0 bridgehead atoms. The Kier molecular flexibility index (Phi) is 5.16. The molecule has 4 heterocycles. The van der Waals surface area contributed by atoms with E-state index in [9.17, 15) is 4.79 Å². The molecule has 0 spiro atoms. The number of thiophene rings is 1. The molecule has 0 atom stereocenters. The van der Waals surface area contributed by atoms with Gasteiger partial charge in [0.1, 0.15) is 12.1 Å². The summed E-state index contributed by atoms with van der Waals surface area (Å²) in [7, 11) is 0. The summed E-state index contributed by atoms with van der Waals surface area (Å²) in [5.41, 5.74) is 1.86. The second kappa shape index (κ2) is 7.60. The molecule has 0 aromatic carbocycles. The summed E-state index contributed by atoms with van der Waals surface area (Å²) < 4.78 is 2.76. The number of piperazine rings is 1. The van der Waals surface area contributed by atoms with E-state index in [1.807, 2.05) is 12.1 Å². The summed E-state index contributed by atoms with van der Waals surface area (Å²) in [5, 5.41) is 6.64. The molecule has 0 aliphatic carbocycles. The molecular weight excluding hydrogens is 372 g/mol. The Labute approximate surface area is 168 Å². The van der Waals surface area contributed by atoms with Crippen LogP contribution in [0.3, 0.4) is 0 Å². The summed E-state index contributed by atoms with van der Waals surface area (Å²) in [6.45, 7) is 11.5. The zero-order valence-electron chi connectivity index (χ0n) is 16.6. The van der Waals surface area contributed by atoms with Crippen LogP contribution >= 0.6 is 11.3 Å². The van der Waals surface area contributed by atoms with Crippen LogP contribution in [-0.2, 0) is 12.0 Å². The van der Waals surface area contributed by atoms with Gasteiger partial charge in [0, 0.05) is 44.2 Å². The Hall–Kier alpha value is -2.32. The molecule has 3 aromatic heterocycles. The normalized spacial score (nSPS) is 16.0. The maximum Gasteiger partial charge on any atom is 0.266 e. The van der Waals surface area contributed by atoms with Crippen molar-refractivity contribution in [2.24, 2.45) is 0 Å². The molecule has 1 saturated heterocycles. The number of hydrogen-bond donors (Lipinski definition) is 0. The van der Waals surface area contributed by atoms with Crippen molar-refractivity contribution in [1.82, 2.24) is 24.6 Å². The van der Waals surface area contributed by atoms with E-state index in [2.05, 4.69) is 51.0 Å². The van der Waals surface area contributed by atoms with E-state index in [1.165, 1.54) is 0 Å². The minimum absolute atomic E-state index is 0.0345. The van der Waals surface area contributed by atoms with Gasteiger partial charge in [-0.1, -0.05) is 20.8 Å². The maximum atomic E-state index is 12.2. The molecule has 0 unspecified atom stereocenters. The van der Waals surface area contributed by atoms with Crippen LogP contribution in [0.2, 0.25) is 0 Å². The van der Waals surface area contributed by atoms with E-state index in [0.29, 0.717) is 6.54 Å². The number of anilines is 1. The van der Waals surface area contributed by atoms with Crippen molar-refractivity contribution in [3.63, 3.8) is 0 Å². The molecule has 7 nitrogen and oxygen atoms in total. The number of hydrogen-bond acceptors (Lipinski definition) is 7. The standard InChI is InChI=1S/C20H26N6OS/c1-20(2,3)16-4-5-17(27)26(23-16)12-9-24-7-10-25(11-8-24)19-18-15(6-13-28-18)21-14-22-19/h4-6,13-14H,7-12H2,1-3H3. The molecule has 0 radical (unpaired) electrons. The van der Waals surface area contributed by atoms with Crippen molar-refractivity contribution in [3.05, 3.63) is 46.0 Å². The first kappa shape index (κ1) is 19.0. The summed E-state index contributed by atoms with van der Waals surface area (Å²) >= 11 is 1.69. The zero-order valence-corrected chi connectivity index (χ0v) is 17.4. The van der Waals surface area contributed by atoms with Crippen LogP contribution in [0.25, 0.3) is 10.2 Å². The minimum Gasteiger partial charge on any atom is -0.353 e. The van der Waals surface area contributed by atoms with Crippen molar-refractivity contribution in [3.8, 4) is 0 Å². The lowest BCUT2D eigenvalue weighted by molar-refractivity contribution is 0.241. The molecular formula is C20H26N6OS. The first-order chi connectivity index (χ1) is 13.4. The van der Waals surface area contributed by atoms with Crippen molar-refractivity contribution in [2.75, 3.05) is 37.6 Å². The smallest absolute Gasteiger partial charge is 0.266 e. The van der Waals surface area contributed by atoms with Gasteiger partial charge >= 0.3 is 0 Å². The number of rotatable bonds is 4. The van der Waals surface area contributed by atoms with Gasteiger partial charge in [0.2, 0.25) is 0 Å². The fourth-order valence-electron chi connectivity index (χ4n) is 3.43. The lowest BCUT2D eigenvalue weighted by Gasteiger charge is -2.35. The van der Waals surface area contributed by atoms with E-state index in [4.69, 9.17) is 0 Å². The van der Waals surface area contributed by atoms with Crippen molar-refractivity contribution in [1.29, 1.82) is 0 Å². The fourth-order valence-corrected chi connectivity index (χ4v) is 4.29. The molecule has 4 rings (SSSR count). The summed E-state index contributed by atoms with van der Waals surface area (Å²) in [4.78, 5) is 25.7. The second-order valence-corrected chi connectivity index (χ2v) is 9.11. The number of aromatic nitrogens is 4. The third-order valence-corrected chi connectivity index (χ3v) is 6.06. The van der Waals surface area contributed by atoms with Gasteiger partial charge in [-0.05, 0) is 17.5 Å². The Bertz CT molecular complexity index is 1010. The summed E-state index contributed by atoms with van der Waals surface area (Å²) in [5.74, 6) is 1.04. The topological polar surface area (TPSA) is 67.2 Å². The Morgan fingerprint density at radius 2 is 1.82 bits per heavy atom. The highest BCUT2D eigenvalue weighted by Crippen LogP contribution is 2.28. The zero-order chi connectivity index (χ0) is 19.7. The molecule has 0 amide bonds. The van der Waals surface area contributed by atoms with Gasteiger partial charge in [0.05, 0.1) is 22.5 Å². The van der Waals surface area contributed by atoms with Gasteiger partial charge in [-0.15, -0.1) is 11.3 Å². The highest BCUT2D eigenvalue weighted by molar-refractivity contribution is 7.17. The van der Waals surface area contributed by atoms with E-state index < -0.39 is 0 Å². The molecule has 1 aliphatic heterocycles. The monoisotopic (exact) mass is 398 g/mol. The molecule has 28 heavy (non-hydrogen) atoms. The van der Waals surface area contributed by atoms with Crippen LogP contribution in [0.5, 0.6) is 0 Å². The van der Waals surface area contributed by atoms with Crippen LogP contribution in [0.15, 0.2) is 34.7 Å². The molecule has 0 saturated carbocycles. The van der Waals surface area contributed by atoms with Gasteiger partial charge < -0.3 is 4.90 Å². The quantitative estimate of drug-likeness (QED) is 0.672. The molecule has 8 heteroatoms. The van der Waals surface area contributed by atoms with Crippen LogP contribution < -0.4 is 10.5 Å². The van der Waals surface area contributed by atoms with Crippen molar-refractivity contribution < 1.29 is 0 Å². The molecule has 0 N–H and O–H groups in total. The first-order valence-electron chi connectivity index (χ1n) is 9.66. The number of fused-ring (bicyclic) bond motifs is 1. The SMILES string of the molecule is CC(C)(C)c1ccc(=O)n(CCN2CCN(c3ncnc4ccsc34)CC2)n1. The van der Waals surface area contributed by atoms with E-state index in [-0.39, 0.29) is 11.0 Å². The van der Waals surface area contributed by atoms with E-state index in [0.717, 1.165) is 54.5 Å². The first-order valence-corrected chi connectivity index (χ1v) is 10.5. The predicted molar refractivity (Wildman–Crippen MR) is 113 cm³/mol. The molecule has 3 aromatic rings. The van der Waals surface area contributed by atoms with Crippen molar-refractivity contribution >= 4 is 27.4 Å².